The minimum Gasteiger partial charge on any atom is -0.484 e. The van der Waals surface area contributed by atoms with Gasteiger partial charge in [0.15, 0.2) is 6.61 Å². The van der Waals surface area contributed by atoms with Crippen LogP contribution in [0.15, 0.2) is 18.2 Å². The number of unbranched alkanes of at least 4 members (excludes halogenated alkanes) is 1. The molecule has 0 aliphatic rings. The quantitative estimate of drug-likeness (QED) is 0.757. The number of nitrogens with one attached hydrogen (secondary N) is 1. The summed E-state index contributed by atoms with van der Waals surface area (Å²) in [6.45, 7) is 1.18. The Morgan fingerprint density at radius 1 is 1.22 bits per heavy atom. The van der Waals surface area contributed by atoms with Crippen molar-refractivity contribution < 1.29 is 9.53 Å². The van der Waals surface area contributed by atoms with Gasteiger partial charge in [0.25, 0.3) is 5.91 Å². The highest BCUT2D eigenvalue weighted by Gasteiger charge is 2.03. The van der Waals surface area contributed by atoms with Gasteiger partial charge in [0.2, 0.25) is 0 Å². The largest absolute Gasteiger partial charge is 0.484 e. The molecule has 0 aromatic heterocycles. The van der Waals surface area contributed by atoms with Crippen molar-refractivity contribution in [3.63, 3.8) is 0 Å². The fraction of sp³-hybridized carbons (Fsp3) is 0.417. The first kappa shape index (κ1) is 15.1. The molecule has 6 heteroatoms. The first-order valence-corrected chi connectivity index (χ1v) is 6.43. The second kappa shape index (κ2) is 8.19. The number of ether oxygens (including phenoxy) is 1. The molecule has 1 aromatic rings. The van der Waals surface area contributed by atoms with Crippen LogP contribution in [-0.4, -0.2) is 25.6 Å². The van der Waals surface area contributed by atoms with Gasteiger partial charge >= 0.3 is 0 Å². The molecule has 1 rings (SSSR count). The molecule has 100 valence electrons. The number of halogens is 2. The number of nitrogens with two attached hydrogens (primary N) is 1. The van der Waals surface area contributed by atoms with E-state index in [2.05, 4.69) is 5.32 Å². The van der Waals surface area contributed by atoms with E-state index in [4.69, 9.17) is 33.7 Å². The molecule has 0 bridgehead atoms. The summed E-state index contributed by atoms with van der Waals surface area (Å²) < 4.78 is 5.28. The van der Waals surface area contributed by atoms with E-state index < -0.39 is 0 Å². The van der Waals surface area contributed by atoms with E-state index >= 15 is 0 Å². The van der Waals surface area contributed by atoms with Crippen molar-refractivity contribution in [1.29, 1.82) is 0 Å². The summed E-state index contributed by atoms with van der Waals surface area (Å²) in [7, 11) is 0. The van der Waals surface area contributed by atoms with E-state index in [1.54, 1.807) is 18.2 Å². The smallest absolute Gasteiger partial charge is 0.257 e. The zero-order valence-electron chi connectivity index (χ0n) is 9.92. The predicted molar refractivity (Wildman–Crippen MR) is 73.3 cm³/mol. The van der Waals surface area contributed by atoms with E-state index in [-0.39, 0.29) is 12.5 Å². The van der Waals surface area contributed by atoms with Crippen molar-refractivity contribution in [3.8, 4) is 5.75 Å². The molecule has 0 spiro atoms. The average Bonchev–Trinajstić information content (AvgIpc) is 2.31. The van der Waals surface area contributed by atoms with Gasteiger partial charge in [-0.25, -0.2) is 0 Å². The van der Waals surface area contributed by atoms with Gasteiger partial charge in [-0.05, 0) is 37.6 Å². The Morgan fingerprint density at radius 2 is 1.89 bits per heavy atom. The van der Waals surface area contributed by atoms with E-state index in [9.17, 15) is 4.79 Å². The SMILES string of the molecule is NCCCCNC(=O)COc1cc(Cl)cc(Cl)c1. The third kappa shape index (κ3) is 6.10. The molecular formula is C12H16Cl2N2O2. The molecule has 0 aliphatic carbocycles. The van der Waals surface area contributed by atoms with Crippen LogP contribution in [0.3, 0.4) is 0 Å². The highest BCUT2D eigenvalue weighted by atomic mass is 35.5. The van der Waals surface area contributed by atoms with Crippen LogP contribution in [-0.2, 0) is 4.79 Å². The summed E-state index contributed by atoms with van der Waals surface area (Å²) in [6.07, 6.45) is 1.76. The van der Waals surface area contributed by atoms with Crippen LogP contribution < -0.4 is 15.8 Å². The van der Waals surface area contributed by atoms with Crippen LogP contribution in [0, 0.1) is 0 Å². The molecule has 18 heavy (non-hydrogen) atoms. The molecule has 0 aliphatic heterocycles. The lowest BCUT2D eigenvalue weighted by Crippen LogP contribution is -2.29. The maximum atomic E-state index is 11.4. The van der Waals surface area contributed by atoms with Gasteiger partial charge in [-0.3, -0.25) is 4.79 Å². The van der Waals surface area contributed by atoms with Crippen molar-refractivity contribution in [2.24, 2.45) is 5.73 Å². The van der Waals surface area contributed by atoms with Crippen molar-refractivity contribution >= 4 is 29.1 Å². The second-order valence-electron chi connectivity index (χ2n) is 3.74. The molecule has 1 aromatic carbocycles. The van der Waals surface area contributed by atoms with E-state index in [1.807, 2.05) is 0 Å². The lowest BCUT2D eigenvalue weighted by Gasteiger charge is -2.08. The minimum atomic E-state index is -0.178. The third-order valence-corrected chi connectivity index (χ3v) is 2.60. The fourth-order valence-electron chi connectivity index (χ4n) is 1.31. The Balaban J connectivity index is 2.29. The van der Waals surface area contributed by atoms with E-state index in [0.29, 0.717) is 28.9 Å². The Hall–Kier alpha value is -0.970. The fourth-order valence-corrected chi connectivity index (χ4v) is 1.81. The van der Waals surface area contributed by atoms with Gasteiger partial charge in [-0.15, -0.1) is 0 Å². The number of hydrogen-bond acceptors (Lipinski definition) is 3. The van der Waals surface area contributed by atoms with Crippen LogP contribution >= 0.6 is 23.2 Å². The van der Waals surface area contributed by atoms with Crippen LogP contribution in [0.1, 0.15) is 12.8 Å². The molecule has 0 saturated heterocycles. The number of carbonyl (C=O) groups is 1. The molecule has 0 radical (unpaired) electrons. The Bertz CT molecular complexity index is 379. The zero-order valence-corrected chi connectivity index (χ0v) is 11.4. The summed E-state index contributed by atoms with van der Waals surface area (Å²) in [6, 6.07) is 4.81. The van der Waals surface area contributed by atoms with Crippen LogP contribution in [0.25, 0.3) is 0 Å². The average molecular weight is 291 g/mol. The van der Waals surface area contributed by atoms with Gasteiger partial charge in [0, 0.05) is 16.6 Å². The summed E-state index contributed by atoms with van der Waals surface area (Å²) in [5.41, 5.74) is 5.35. The van der Waals surface area contributed by atoms with Gasteiger partial charge < -0.3 is 15.8 Å². The lowest BCUT2D eigenvalue weighted by molar-refractivity contribution is -0.123. The summed E-state index contributed by atoms with van der Waals surface area (Å²) in [5, 5.41) is 3.68. The summed E-state index contributed by atoms with van der Waals surface area (Å²) in [4.78, 5) is 11.4. The molecule has 0 fully saturated rings. The maximum absolute atomic E-state index is 11.4. The molecule has 0 atom stereocenters. The Kier molecular flexibility index (Phi) is 6.86. The molecular weight excluding hydrogens is 275 g/mol. The summed E-state index contributed by atoms with van der Waals surface area (Å²) >= 11 is 11.6. The van der Waals surface area contributed by atoms with Crippen LogP contribution in [0.5, 0.6) is 5.75 Å². The van der Waals surface area contributed by atoms with Gasteiger partial charge in [0.05, 0.1) is 0 Å². The van der Waals surface area contributed by atoms with E-state index in [1.165, 1.54) is 0 Å². The molecule has 0 unspecified atom stereocenters. The van der Waals surface area contributed by atoms with Crippen molar-refractivity contribution in [1.82, 2.24) is 5.32 Å². The van der Waals surface area contributed by atoms with E-state index in [0.717, 1.165) is 12.8 Å². The number of rotatable bonds is 7. The van der Waals surface area contributed by atoms with Crippen LogP contribution in [0.4, 0.5) is 0 Å². The number of benzene rings is 1. The molecule has 4 nitrogen and oxygen atoms in total. The van der Waals surface area contributed by atoms with Crippen molar-refractivity contribution in [2.45, 2.75) is 12.8 Å². The predicted octanol–water partition coefficient (Wildman–Crippen LogP) is 2.23. The first-order valence-electron chi connectivity index (χ1n) is 5.67. The normalized spacial score (nSPS) is 10.2. The topological polar surface area (TPSA) is 64.3 Å². The molecule has 1 amide bonds. The molecule has 3 N–H and O–H groups in total. The molecule has 0 saturated carbocycles. The highest BCUT2D eigenvalue weighted by Crippen LogP contribution is 2.23. The number of hydrogen-bond donors (Lipinski definition) is 2. The van der Waals surface area contributed by atoms with Gasteiger partial charge in [-0.1, -0.05) is 23.2 Å². The number of amides is 1. The molecule has 0 heterocycles. The van der Waals surface area contributed by atoms with Crippen LogP contribution in [0.2, 0.25) is 10.0 Å². The van der Waals surface area contributed by atoms with Gasteiger partial charge in [0.1, 0.15) is 5.75 Å². The monoisotopic (exact) mass is 290 g/mol. The highest BCUT2D eigenvalue weighted by molar-refractivity contribution is 6.34. The van der Waals surface area contributed by atoms with Crippen molar-refractivity contribution in [2.75, 3.05) is 19.7 Å². The maximum Gasteiger partial charge on any atom is 0.257 e. The first-order chi connectivity index (χ1) is 8.61. The third-order valence-electron chi connectivity index (χ3n) is 2.16. The van der Waals surface area contributed by atoms with Gasteiger partial charge in [-0.2, -0.15) is 0 Å². The standard InChI is InChI=1S/C12H16Cl2N2O2/c13-9-5-10(14)7-11(6-9)18-8-12(17)16-4-2-1-3-15/h5-7H,1-4,8,15H2,(H,16,17). The lowest BCUT2D eigenvalue weighted by atomic mass is 10.3. The Morgan fingerprint density at radius 3 is 2.50 bits per heavy atom. The Labute approximate surface area is 116 Å². The zero-order chi connectivity index (χ0) is 13.4. The summed E-state index contributed by atoms with van der Waals surface area (Å²) in [5.74, 6) is 0.299. The van der Waals surface area contributed by atoms with Crippen molar-refractivity contribution in [3.05, 3.63) is 28.2 Å². The minimum absolute atomic E-state index is 0.0563. The second-order valence-corrected chi connectivity index (χ2v) is 4.61. The number of carbonyl (C=O) groups excluding carboxylic acids is 1.